The summed E-state index contributed by atoms with van der Waals surface area (Å²) in [6.45, 7) is 8.12. The highest BCUT2D eigenvalue weighted by atomic mass is 16.5. The SMILES string of the molecule is C[C@@H]1C[C@H](C)OC(COCc2ccccc2)[C@H]1C. The lowest BCUT2D eigenvalue weighted by Gasteiger charge is -2.37. The number of benzene rings is 1. The van der Waals surface area contributed by atoms with Crippen LogP contribution in [0.3, 0.4) is 0 Å². The van der Waals surface area contributed by atoms with Gasteiger partial charge in [-0.15, -0.1) is 0 Å². The summed E-state index contributed by atoms with van der Waals surface area (Å²) in [4.78, 5) is 0. The van der Waals surface area contributed by atoms with E-state index >= 15 is 0 Å². The zero-order valence-electron chi connectivity index (χ0n) is 11.6. The average molecular weight is 248 g/mol. The largest absolute Gasteiger partial charge is 0.374 e. The number of hydrogen-bond donors (Lipinski definition) is 0. The Kier molecular flexibility index (Phi) is 4.79. The fraction of sp³-hybridized carbons (Fsp3) is 0.625. The first-order valence-corrected chi connectivity index (χ1v) is 6.94. The van der Waals surface area contributed by atoms with Crippen LogP contribution in [0.15, 0.2) is 30.3 Å². The molecule has 2 nitrogen and oxygen atoms in total. The van der Waals surface area contributed by atoms with Crippen LogP contribution in [0.5, 0.6) is 0 Å². The zero-order valence-corrected chi connectivity index (χ0v) is 11.6. The first-order chi connectivity index (χ1) is 8.66. The summed E-state index contributed by atoms with van der Waals surface area (Å²) in [5.41, 5.74) is 1.22. The Hall–Kier alpha value is -0.860. The van der Waals surface area contributed by atoms with Crippen molar-refractivity contribution in [3.63, 3.8) is 0 Å². The Morgan fingerprint density at radius 2 is 1.89 bits per heavy atom. The molecule has 1 unspecified atom stereocenters. The Morgan fingerprint density at radius 3 is 2.61 bits per heavy atom. The van der Waals surface area contributed by atoms with Crippen LogP contribution in [0.1, 0.15) is 32.8 Å². The van der Waals surface area contributed by atoms with E-state index in [1.54, 1.807) is 0 Å². The normalized spacial score (nSPS) is 32.4. The second kappa shape index (κ2) is 6.35. The van der Waals surface area contributed by atoms with Gasteiger partial charge in [0.2, 0.25) is 0 Å². The van der Waals surface area contributed by atoms with Crippen molar-refractivity contribution < 1.29 is 9.47 Å². The van der Waals surface area contributed by atoms with Crippen molar-refractivity contribution >= 4 is 0 Å². The molecule has 1 fully saturated rings. The van der Waals surface area contributed by atoms with Gasteiger partial charge in [0.25, 0.3) is 0 Å². The van der Waals surface area contributed by atoms with E-state index in [-0.39, 0.29) is 6.10 Å². The highest BCUT2D eigenvalue weighted by molar-refractivity contribution is 5.13. The fourth-order valence-electron chi connectivity index (χ4n) is 2.64. The Balaban J connectivity index is 1.79. The lowest BCUT2D eigenvalue weighted by atomic mass is 9.84. The molecule has 1 aromatic rings. The van der Waals surface area contributed by atoms with Gasteiger partial charge in [0.15, 0.2) is 0 Å². The van der Waals surface area contributed by atoms with Gasteiger partial charge in [-0.2, -0.15) is 0 Å². The zero-order chi connectivity index (χ0) is 13.0. The van der Waals surface area contributed by atoms with Crippen molar-refractivity contribution in [3.05, 3.63) is 35.9 Å². The van der Waals surface area contributed by atoms with Gasteiger partial charge in [0.1, 0.15) is 0 Å². The summed E-state index contributed by atoms with van der Waals surface area (Å²) in [5, 5.41) is 0. The summed E-state index contributed by atoms with van der Waals surface area (Å²) in [6, 6.07) is 10.3. The summed E-state index contributed by atoms with van der Waals surface area (Å²) in [5.74, 6) is 1.30. The van der Waals surface area contributed by atoms with Crippen LogP contribution in [-0.4, -0.2) is 18.8 Å². The molecule has 0 radical (unpaired) electrons. The van der Waals surface area contributed by atoms with Crippen LogP contribution < -0.4 is 0 Å². The van der Waals surface area contributed by atoms with Gasteiger partial charge in [0, 0.05) is 0 Å². The molecule has 0 amide bonds. The van der Waals surface area contributed by atoms with Crippen molar-refractivity contribution in [2.75, 3.05) is 6.61 Å². The molecule has 2 heteroatoms. The molecule has 1 aliphatic heterocycles. The Labute approximate surface area is 110 Å². The van der Waals surface area contributed by atoms with Crippen LogP contribution in [0, 0.1) is 11.8 Å². The smallest absolute Gasteiger partial charge is 0.0840 e. The van der Waals surface area contributed by atoms with Crippen LogP contribution in [-0.2, 0) is 16.1 Å². The fourth-order valence-corrected chi connectivity index (χ4v) is 2.64. The van der Waals surface area contributed by atoms with E-state index < -0.39 is 0 Å². The quantitative estimate of drug-likeness (QED) is 0.809. The first-order valence-electron chi connectivity index (χ1n) is 6.94. The first kappa shape index (κ1) is 13.6. The second-order valence-electron chi connectivity index (χ2n) is 5.56. The molecular weight excluding hydrogens is 224 g/mol. The third-order valence-electron chi connectivity index (χ3n) is 3.99. The van der Waals surface area contributed by atoms with Crippen molar-refractivity contribution in [1.29, 1.82) is 0 Å². The second-order valence-corrected chi connectivity index (χ2v) is 5.56. The van der Waals surface area contributed by atoms with E-state index in [1.165, 1.54) is 5.56 Å². The molecule has 100 valence electrons. The lowest BCUT2D eigenvalue weighted by molar-refractivity contribution is -0.125. The predicted molar refractivity (Wildman–Crippen MR) is 73.4 cm³/mol. The van der Waals surface area contributed by atoms with Crippen LogP contribution in [0.2, 0.25) is 0 Å². The molecule has 2 rings (SSSR count). The minimum absolute atomic E-state index is 0.243. The van der Waals surface area contributed by atoms with E-state index in [4.69, 9.17) is 9.47 Å². The van der Waals surface area contributed by atoms with Crippen molar-refractivity contribution in [2.45, 2.75) is 46.0 Å². The molecule has 1 saturated heterocycles. The standard InChI is InChI=1S/C16H24O2/c1-12-9-13(2)18-16(14(12)3)11-17-10-15-7-5-4-6-8-15/h4-8,12-14,16H,9-11H2,1-3H3/t12-,13+,14+,16?/m1/s1. The Bertz CT molecular complexity index is 349. The molecule has 0 aromatic heterocycles. The molecule has 0 aliphatic carbocycles. The van der Waals surface area contributed by atoms with Crippen LogP contribution in [0.25, 0.3) is 0 Å². The minimum Gasteiger partial charge on any atom is -0.374 e. The summed E-state index contributed by atoms with van der Waals surface area (Å²) in [7, 11) is 0. The number of ether oxygens (including phenoxy) is 2. The van der Waals surface area contributed by atoms with Gasteiger partial charge in [-0.3, -0.25) is 0 Å². The molecular formula is C16H24O2. The highest BCUT2D eigenvalue weighted by Crippen LogP contribution is 2.30. The van der Waals surface area contributed by atoms with Gasteiger partial charge >= 0.3 is 0 Å². The van der Waals surface area contributed by atoms with Gasteiger partial charge < -0.3 is 9.47 Å². The monoisotopic (exact) mass is 248 g/mol. The van der Waals surface area contributed by atoms with Gasteiger partial charge in [0.05, 0.1) is 25.4 Å². The summed E-state index contributed by atoms with van der Waals surface area (Å²) >= 11 is 0. The maximum Gasteiger partial charge on any atom is 0.0840 e. The third-order valence-corrected chi connectivity index (χ3v) is 3.99. The van der Waals surface area contributed by atoms with Crippen molar-refractivity contribution in [1.82, 2.24) is 0 Å². The highest BCUT2D eigenvalue weighted by Gasteiger charge is 2.31. The molecule has 1 aromatic carbocycles. The number of hydrogen-bond acceptors (Lipinski definition) is 2. The lowest BCUT2D eigenvalue weighted by Crippen LogP contribution is -2.40. The minimum atomic E-state index is 0.243. The van der Waals surface area contributed by atoms with E-state index in [0.29, 0.717) is 25.2 Å². The molecule has 0 saturated carbocycles. The average Bonchev–Trinajstić information content (AvgIpc) is 2.36. The summed E-state index contributed by atoms with van der Waals surface area (Å²) < 4.78 is 11.8. The van der Waals surface area contributed by atoms with Gasteiger partial charge in [-0.1, -0.05) is 44.2 Å². The van der Waals surface area contributed by atoms with Gasteiger partial charge in [-0.25, -0.2) is 0 Å². The molecule has 1 aliphatic rings. The Morgan fingerprint density at radius 1 is 1.17 bits per heavy atom. The third kappa shape index (κ3) is 3.56. The molecule has 18 heavy (non-hydrogen) atoms. The predicted octanol–water partition coefficient (Wildman–Crippen LogP) is 3.65. The maximum absolute atomic E-state index is 5.98. The van der Waals surface area contributed by atoms with E-state index in [9.17, 15) is 0 Å². The molecule has 1 heterocycles. The van der Waals surface area contributed by atoms with Crippen molar-refractivity contribution in [3.8, 4) is 0 Å². The van der Waals surface area contributed by atoms with Gasteiger partial charge in [-0.05, 0) is 30.7 Å². The topological polar surface area (TPSA) is 18.5 Å². The van der Waals surface area contributed by atoms with Crippen LogP contribution >= 0.6 is 0 Å². The number of rotatable bonds is 4. The molecule has 4 atom stereocenters. The maximum atomic E-state index is 5.98. The van der Waals surface area contributed by atoms with Crippen molar-refractivity contribution in [2.24, 2.45) is 11.8 Å². The van der Waals surface area contributed by atoms with E-state index in [1.807, 2.05) is 18.2 Å². The molecule has 0 spiro atoms. The molecule has 0 bridgehead atoms. The van der Waals surface area contributed by atoms with E-state index in [0.717, 1.165) is 12.3 Å². The van der Waals surface area contributed by atoms with E-state index in [2.05, 4.69) is 32.9 Å². The van der Waals surface area contributed by atoms with Crippen LogP contribution in [0.4, 0.5) is 0 Å². The molecule has 0 N–H and O–H groups in total. The summed E-state index contributed by atoms with van der Waals surface area (Å²) in [6.07, 6.45) is 1.77.